The van der Waals surface area contributed by atoms with E-state index in [1.54, 1.807) is 0 Å². The molecule has 4 aromatic rings. The van der Waals surface area contributed by atoms with Gasteiger partial charge >= 0.3 is 0 Å². The third-order valence-electron chi connectivity index (χ3n) is 3.12. The smallest absolute Gasteiger partial charge is 0.245 e. The fourth-order valence-corrected chi connectivity index (χ4v) is 2.34. The Hall–Kier alpha value is -2.50. The third kappa shape index (κ3) is 1.07. The van der Waals surface area contributed by atoms with E-state index in [1.807, 2.05) is 18.2 Å². The molecule has 0 unspecified atom stereocenters. The Morgan fingerprint density at radius 2 is 1.89 bits per heavy atom. The maximum absolute atomic E-state index is 4.66. The molecule has 0 aliphatic heterocycles. The lowest BCUT2D eigenvalue weighted by Gasteiger charge is -2.00. The number of benzene rings is 1. The molecule has 0 saturated carbocycles. The summed E-state index contributed by atoms with van der Waals surface area (Å²) in [6, 6.07) is 8.11. The second kappa shape index (κ2) is 3.25. The normalized spacial score (nSPS) is 11.8. The summed E-state index contributed by atoms with van der Waals surface area (Å²) in [5.41, 5.74) is 3.68. The van der Waals surface area contributed by atoms with E-state index < -0.39 is 0 Å². The minimum Gasteiger partial charge on any atom is -0.324 e. The van der Waals surface area contributed by atoms with Crippen molar-refractivity contribution >= 4 is 33.4 Å². The fourth-order valence-electron chi connectivity index (χ4n) is 2.34. The van der Waals surface area contributed by atoms with Crippen LogP contribution in [0.1, 0.15) is 6.92 Å². The summed E-state index contributed by atoms with van der Waals surface area (Å²) in [5, 5.41) is 8.56. The number of rotatable bonds is 1. The lowest BCUT2D eigenvalue weighted by atomic mass is 10.2. The molecule has 18 heavy (non-hydrogen) atoms. The van der Waals surface area contributed by atoms with Gasteiger partial charge in [0.2, 0.25) is 11.3 Å². The van der Waals surface area contributed by atoms with Crippen LogP contribution in [0.2, 0.25) is 0 Å². The van der Waals surface area contributed by atoms with Gasteiger partial charge in [-0.1, -0.05) is 18.2 Å². The van der Waals surface area contributed by atoms with Crippen molar-refractivity contribution in [2.24, 2.45) is 0 Å². The number of hydrogen-bond acceptors (Lipinski definition) is 5. The number of aromatic nitrogens is 5. The molecule has 0 radical (unpaired) electrons. The Labute approximate surface area is 101 Å². The van der Waals surface area contributed by atoms with E-state index in [2.05, 4.69) is 42.5 Å². The first-order valence-electron chi connectivity index (χ1n) is 5.75. The largest absolute Gasteiger partial charge is 0.324 e. The van der Waals surface area contributed by atoms with Gasteiger partial charge in [-0.05, 0) is 23.3 Å². The molecule has 6 nitrogen and oxygen atoms in total. The van der Waals surface area contributed by atoms with Crippen molar-refractivity contribution in [3.63, 3.8) is 0 Å². The minimum absolute atomic E-state index is 0.444. The molecule has 3 heterocycles. The molecule has 0 N–H and O–H groups in total. The zero-order valence-corrected chi connectivity index (χ0v) is 9.66. The highest BCUT2D eigenvalue weighted by Crippen LogP contribution is 2.27. The average Bonchev–Trinajstić information content (AvgIpc) is 2.97. The highest BCUT2D eigenvalue weighted by atomic mass is 16.6. The van der Waals surface area contributed by atoms with Crippen molar-refractivity contribution in [2.75, 3.05) is 0 Å². The predicted molar refractivity (Wildman–Crippen MR) is 66.1 cm³/mol. The van der Waals surface area contributed by atoms with Crippen LogP contribution in [0, 0.1) is 0 Å². The van der Waals surface area contributed by atoms with E-state index in [4.69, 9.17) is 0 Å². The van der Waals surface area contributed by atoms with Crippen molar-refractivity contribution < 1.29 is 4.63 Å². The summed E-state index contributed by atoms with van der Waals surface area (Å²) < 4.78 is 6.77. The highest BCUT2D eigenvalue weighted by Gasteiger charge is 2.14. The monoisotopic (exact) mass is 239 g/mol. The SMILES string of the molecule is CCn1c2ccccc2c2nc3nonc3nc21. The van der Waals surface area contributed by atoms with Crippen molar-refractivity contribution in [1.29, 1.82) is 0 Å². The minimum atomic E-state index is 0.444. The van der Waals surface area contributed by atoms with Crippen LogP contribution in [0.25, 0.3) is 33.4 Å². The molecule has 4 rings (SSSR count). The Morgan fingerprint density at radius 1 is 1.11 bits per heavy atom. The van der Waals surface area contributed by atoms with Crippen LogP contribution in [0.4, 0.5) is 0 Å². The molecule has 0 aliphatic rings. The van der Waals surface area contributed by atoms with E-state index >= 15 is 0 Å². The molecule has 0 saturated heterocycles. The zero-order chi connectivity index (χ0) is 12.1. The second-order valence-electron chi connectivity index (χ2n) is 4.07. The number of nitrogens with zero attached hydrogens (tertiary/aromatic N) is 5. The highest BCUT2D eigenvalue weighted by molar-refractivity contribution is 6.05. The predicted octanol–water partition coefficient (Wildman–Crippen LogP) is 2.14. The number of fused-ring (bicyclic) bond motifs is 4. The lowest BCUT2D eigenvalue weighted by Crippen LogP contribution is -1.95. The van der Waals surface area contributed by atoms with Crippen LogP contribution in [-0.2, 0) is 6.54 Å². The summed E-state index contributed by atoms with van der Waals surface area (Å²) in [7, 11) is 0. The van der Waals surface area contributed by atoms with Crippen LogP contribution in [0.3, 0.4) is 0 Å². The van der Waals surface area contributed by atoms with Gasteiger partial charge in [0.05, 0.1) is 5.52 Å². The number of hydrogen-bond donors (Lipinski definition) is 0. The summed E-state index contributed by atoms with van der Waals surface area (Å²) in [4.78, 5) is 8.96. The molecule has 0 fully saturated rings. The topological polar surface area (TPSA) is 69.6 Å². The van der Waals surface area contributed by atoms with E-state index in [0.29, 0.717) is 11.3 Å². The first-order valence-corrected chi connectivity index (χ1v) is 5.75. The number of para-hydroxylation sites is 1. The molecule has 0 bridgehead atoms. The summed E-state index contributed by atoms with van der Waals surface area (Å²) in [5.74, 6) is 0. The first-order chi connectivity index (χ1) is 8.88. The second-order valence-corrected chi connectivity index (χ2v) is 4.07. The van der Waals surface area contributed by atoms with Crippen LogP contribution in [0.15, 0.2) is 28.9 Å². The van der Waals surface area contributed by atoms with Crippen LogP contribution in [-0.4, -0.2) is 24.8 Å². The quantitative estimate of drug-likeness (QED) is 0.509. The van der Waals surface area contributed by atoms with Crippen LogP contribution < -0.4 is 0 Å². The average molecular weight is 239 g/mol. The van der Waals surface area contributed by atoms with E-state index in [9.17, 15) is 0 Å². The number of aryl methyl sites for hydroxylation is 1. The molecule has 6 heteroatoms. The molecule has 1 aromatic carbocycles. The maximum Gasteiger partial charge on any atom is 0.245 e. The summed E-state index contributed by atoms with van der Waals surface area (Å²) >= 11 is 0. The van der Waals surface area contributed by atoms with Gasteiger partial charge in [0.25, 0.3) is 0 Å². The van der Waals surface area contributed by atoms with Crippen molar-refractivity contribution in [3.8, 4) is 0 Å². The Bertz CT molecular complexity index is 876. The van der Waals surface area contributed by atoms with Crippen LogP contribution in [0.5, 0.6) is 0 Å². The maximum atomic E-state index is 4.66. The molecule has 0 spiro atoms. The van der Waals surface area contributed by atoms with E-state index in [0.717, 1.165) is 28.6 Å². The third-order valence-corrected chi connectivity index (χ3v) is 3.12. The Morgan fingerprint density at radius 3 is 2.72 bits per heavy atom. The van der Waals surface area contributed by atoms with Gasteiger partial charge in [0.15, 0.2) is 5.65 Å². The standard InChI is InChI=1S/C12H9N5O/c1-2-17-8-6-4-3-5-7(8)9-12(17)14-11-10(13-9)15-18-16-11/h3-6H,2H2,1H3. The van der Waals surface area contributed by atoms with Gasteiger partial charge < -0.3 is 4.57 Å². The van der Waals surface area contributed by atoms with Gasteiger partial charge in [-0.25, -0.2) is 14.6 Å². The molecule has 3 aromatic heterocycles. The van der Waals surface area contributed by atoms with Gasteiger partial charge in [-0.3, -0.25) is 0 Å². The van der Waals surface area contributed by atoms with E-state index in [-0.39, 0.29) is 0 Å². The molecule has 0 aliphatic carbocycles. The molecular formula is C12H9N5O. The van der Waals surface area contributed by atoms with Gasteiger partial charge in [-0.15, -0.1) is 0 Å². The van der Waals surface area contributed by atoms with Gasteiger partial charge in [0, 0.05) is 11.9 Å². The van der Waals surface area contributed by atoms with Crippen molar-refractivity contribution in [3.05, 3.63) is 24.3 Å². The fraction of sp³-hybridized carbons (Fsp3) is 0.167. The van der Waals surface area contributed by atoms with Crippen molar-refractivity contribution in [1.82, 2.24) is 24.8 Å². The molecule has 0 atom stereocenters. The lowest BCUT2D eigenvalue weighted by molar-refractivity contribution is 0.314. The Balaban J connectivity index is 2.32. The van der Waals surface area contributed by atoms with Gasteiger partial charge in [0.1, 0.15) is 5.52 Å². The van der Waals surface area contributed by atoms with Gasteiger partial charge in [-0.2, -0.15) is 0 Å². The molecule has 88 valence electrons. The zero-order valence-electron chi connectivity index (χ0n) is 9.66. The van der Waals surface area contributed by atoms with E-state index in [1.165, 1.54) is 0 Å². The molecular weight excluding hydrogens is 230 g/mol. The first kappa shape index (κ1) is 9.52. The summed E-state index contributed by atoms with van der Waals surface area (Å²) in [6.07, 6.45) is 0. The van der Waals surface area contributed by atoms with Crippen LogP contribution >= 0.6 is 0 Å². The Kier molecular flexibility index (Phi) is 1.72. The van der Waals surface area contributed by atoms with Crippen molar-refractivity contribution in [2.45, 2.75) is 13.5 Å². The summed E-state index contributed by atoms with van der Waals surface area (Å²) in [6.45, 7) is 2.91. The molecule has 0 amide bonds.